The molecule has 0 saturated carbocycles. The molecule has 1 unspecified atom stereocenters. The maximum Gasteiger partial charge on any atom is 0.278 e. The number of nitrogens with one attached hydrogen (secondary N) is 1. The maximum atomic E-state index is 13.5. The molecule has 0 radical (unpaired) electrons. The van der Waals surface area contributed by atoms with E-state index in [0.717, 1.165) is 57.2 Å². The third-order valence-corrected chi connectivity index (χ3v) is 9.57. The second kappa shape index (κ2) is 16.3. The van der Waals surface area contributed by atoms with Gasteiger partial charge in [-0.25, -0.2) is 19.6 Å². The fourth-order valence-electron chi connectivity index (χ4n) is 5.90. The lowest BCUT2D eigenvalue weighted by Crippen LogP contribution is -2.54. The predicted octanol–water partition coefficient (Wildman–Crippen LogP) is 5.78. The molecule has 11 nitrogen and oxygen atoms in total. The van der Waals surface area contributed by atoms with Crippen LogP contribution in [0.5, 0.6) is 5.75 Å². The zero-order chi connectivity index (χ0) is 36.7. The van der Waals surface area contributed by atoms with E-state index in [0.29, 0.717) is 31.3 Å². The average molecular weight is 736 g/mol. The van der Waals surface area contributed by atoms with Crippen LogP contribution in [-0.4, -0.2) is 61.8 Å². The summed E-state index contributed by atoms with van der Waals surface area (Å²) in [5.41, 5.74) is 8.36. The van der Waals surface area contributed by atoms with Crippen LogP contribution in [0.15, 0.2) is 113 Å². The van der Waals surface area contributed by atoms with Gasteiger partial charge >= 0.3 is 0 Å². The molecule has 7 rings (SSSR count). The highest BCUT2D eigenvalue weighted by Gasteiger charge is 2.30. The molecule has 6 aromatic rings. The number of thiazole rings is 1. The number of ether oxygens (including phenoxy) is 1. The first kappa shape index (κ1) is 35.6. The van der Waals surface area contributed by atoms with Gasteiger partial charge in [0, 0.05) is 54.3 Å². The van der Waals surface area contributed by atoms with Crippen molar-refractivity contribution in [2.45, 2.75) is 25.8 Å². The number of aromatic nitrogens is 3. The number of amides is 1. The van der Waals surface area contributed by atoms with Gasteiger partial charge in [0.15, 0.2) is 17.9 Å². The number of hydrogen-bond donors (Lipinski definition) is 3. The summed E-state index contributed by atoms with van der Waals surface area (Å²) in [4.78, 5) is 25.5. The summed E-state index contributed by atoms with van der Waals surface area (Å²) in [5, 5.41) is 17.9. The average Bonchev–Trinajstić information content (AvgIpc) is 3.86. The lowest BCUT2D eigenvalue weighted by atomic mass is 10.1. The molecule has 1 atom stereocenters. The summed E-state index contributed by atoms with van der Waals surface area (Å²) in [5.74, 6) is 3.72. The number of carbonyl (C=O) groups excluding carboxylic acids is 1. The van der Waals surface area contributed by atoms with Gasteiger partial charge in [-0.05, 0) is 41.0 Å². The lowest BCUT2D eigenvalue weighted by Gasteiger charge is -2.39. The Hall–Kier alpha value is -5.80. The molecule has 53 heavy (non-hydrogen) atoms. The number of hydrazine groups is 1. The van der Waals surface area contributed by atoms with E-state index in [1.54, 1.807) is 16.2 Å². The quantitative estimate of drug-likeness (QED) is 0.0805. The van der Waals surface area contributed by atoms with Crippen LogP contribution < -0.4 is 16.0 Å². The molecule has 0 spiro atoms. The predicted molar refractivity (Wildman–Crippen MR) is 196 cm³/mol. The molecule has 1 aliphatic rings. The monoisotopic (exact) mass is 735 g/mol. The van der Waals surface area contributed by atoms with E-state index in [1.807, 2.05) is 72.2 Å². The SMILES string of the molecule is NNC(=O)C(O)N1CCN(Cc2nc(-c3ccc(COc4ccc(F)c(F)c4)cc3)no2)C(=Cc2cccc(-c3csc(Cc4ccccc4)n3)c2)C1. The van der Waals surface area contributed by atoms with Crippen molar-refractivity contribution >= 4 is 23.3 Å². The number of aliphatic hydroxyl groups is 1. The summed E-state index contributed by atoms with van der Waals surface area (Å²) in [6.07, 6.45) is 1.35. The first-order valence-corrected chi connectivity index (χ1v) is 17.7. The Kier molecular flexibility index (Phi) is 10.9. The Bertz CT molecular complexity index is 2210. The minimum Gasteiger partial charge on any atom is -0.489 e. The molecular weight excluding hydrogens is 701 g/mol. The summed E-state index contributed by atoms with van der Waals surface area (Å²) in [6.45, 7) is 1.55. The van der Waals surface area contributed by atoms with Crippen molar-refractivity contribution in [2.24, 2.45) is 5.84 Å². The molecule has 1 saturated heterocycles. The van der Waals surface area contributed by atoms with Crippen LogP contribution in [0.4, 0.5) is 8.78 Å². The lowest BCUT2D eigenvalue weighted by molar-refractivity contribution is -0.140. The summed E-state index contributed by atoms with van der Waals surface area (Å²) >= 11 is 1.63. The number of nitrogens with two attached hydrogens (primary N) is 1. The summed E-state index contributed by atoms with van der Waals surface area (Å²) in [6, 6.07) is 29.0. The molecule has 1 amide bonds. The highest BCUT2D eigenvalue weighted by Crippen LogP contribution is 2.27. The Balaban J connectivity index is 1.06. The molecule has 1 fully saturated rings. The second-order valence-electron chi connectivity index (χ2n) is 12.4. The van der Waals surface area contributed by atoms with Gasteiger partial charge in [0.2, 0.25) is 11.7 Å². The fraction of sp³-hybridized carbons (Fsp3) is 0.179. The number of halogens is 2. The molecule has 2 aromatic heterocycles. The van der Waals surface area contributed by atoms with Crippen LogP contribution in [0.1, 0.15) is 27.6 Å². The molecule has 1 aliphatic heterocycles. The van der Waals surface area contributed by atoms with Crippen molar-refractivity contribution in [3.63, 3.8) is 0 Å². The highest BCUT2D eigenvalue weighted by atomic mass is 32.1. The van der Waals surface area contributed by atoms with E-state index in [2.05, 4.69) is 38.6 Å². The molecule has 4 aromatic carbocycles. The standard InChI is InChI=1S/C39H35F2N7O4S/c40-32-14-13-31(20-33(32)41)51-23-26-9-11-28(12-10-26)37-44-35(52-46-37)22-47-15-16-48(39(50)38(49)45-42)21-30(47)18-27-7-4-8-29(17-27)34-24-53-36(43-34)19-25-5-2-1-3-6-25/h1-14,17-18,20,24,39,50H,15-16,19,21-23,42H2,(H,45,49). The van der Waals surface area contributed by atoms with Crippen LogP contribution >= 0.6 is 11.3 Å². The number of hydrogen-bond acceptors (Lipinski definition) is 11. The topological polar surface area (TPSA) is 143 Å². The Morgan fingerprint density at radius 3 is 2.58 bits per heavy atom. The number of nitrogens with zero attached hydrogens (tertiary/aromatic N) is 5. The molecular formula is C39H35F2N7O4S. The number of benzene rings is 4. The van der Waals surface area contributed by atoms with E-state index in [4.69, 9.17) is 20.1 Å². The van der Waals surface area contributed by atoms with Crippen LogP contribution in [0.2, 0.25) is 0 Å². The Morgan fingerprint density at radius 1 is 0.962 bits per heavy atom. The van der Waals surface area contributed by atoms with Crippen LogP contribution in [0.25, 0.3) is 28.7 Å². The van der Waals surface area contributed by atoms with Gasteiger partial charge in [-0.15, -0.1) is 11.3 Å². The molecule has 4 N–H and O–H groups in total. The van der Waals surface area contributed by atoms with Gasteiger partial charge in [-0.3, -0.25) is 15.1 Å². The molecule has 3 heterocycles. The van der Waals surface area contributed by atoms with E-state index < -0.39 is 23.8 Å². The maximum absolute atomic E-state index is 13.5. The van der Waals surface area contributed by atoms with Gasteiger partial charge < -0.3 is 19.3 Å². The van der Waals surface area contributed by atoms with Gasteiger partial charge in [-0.1, -0.05) is 78.0 Å². The van der Waals surface area contributed by atoms with Crippen molar-refractivity contribution < 1.29 is 27.9 Å². The largest absolute Gasteiger partial charge is 0.489 e. The first-order valence-electron chi connectivity index (χ1n) is 16.8. The van der Waals surface area contributed by atoms with Crippen LogP contribution in [-0.2, 0) is 24.4 Å². The normalized spacial score (nSPS) is 14.7. The minimum atomic E-state index is -1.42. The summed E-state index contributed by atoms with van der Waals surface area (Å²) < 4.78 is 38.0. The molecule has 0 aliphatic carbocycles. The van der Waals surface area contributed by atoms with Crippen molar-refractivity contribution in [1.82, 2.24) is 30.4 Å². The number of carbonyl (C=O) groups is 1. The van der Waals surface area contributed by atoms with E-state index in [1.165, 1.54) is 11.6 Å². The Morgan fingerprint density at radius 2 is 1.79 bits per heavy atom. The van der Waals surface area contributed by atoms with Gasteiger partial charge in [0.1, 0.15) is 12.4 Å². The zero-order valence-corrected chi connectivity index (χ0v) is 29.2. The second-order valence-corrected chi connectivity index (χ2v) is 13.3. The third-order valence-electron chi connectivity index (χ3n) is 8.72. The number of piperazine rings is 1. The fourth-order valence-corrected chi connectivity index (χ4v) is 6.74. The van der Waals surface area contributed by atoms with Crippen LogP contribution in [0.3, 0.4) is 0 Å². The van der Waals surface area contributed by atoms with Gasteiger partial charge in [-0.2, -0.15) is 4.98 Å². The van der Waals surface area contributed by atoms with Crippen molar-refractivity contribution in [3.8, 4) is 28.4 Å². The Labute approximate surface area is 307 Å². The molecule has 270 valence electrons. The number of rotatable bonds is 12. The van der Waals surface area contributed by atoms with Gasteiger partial charge in [0.05, 0.1) is 17.2 Å². The van der Waals surface area contributed by atoms with Crippen LogP contribution in [0, 0.1) is 11.6 Å². The van der Waals surface area contributed by atoms with Crippen molar-refractivity contribution in [2.75, 3.05) is 19.6 Å². The summed E-state index contributed by atoms with van der Waals surface area (Å²) in [7, 11) is 0. The zero-order valence-electron chi connectivity index (χ0n) is 28.4. The molecule has 14 heteroatoms. The minimum absolute atomic E-state index is 0.160. The van der Waals surface area contributed by atoms with Crippen molar-refractivity contribution in [1.29, 1.82) is 0 Å². The van der Waals surface area contributed by atoms with Crippen molar-refractivity contribution in [3.05, 3.63) is 147 Å². The highest BCUT2D eigenvalue weighted by molar-refractivity contribution is 7.10. The smallest absolute Gasteiger partial charge is 0.278 e. The number of aliphatic hydroxyl groups excluding tert-OH is 1. The van der Waals surface area contributed by atoms with E-state index >= 15 is 0 Å². The van der Waals surface area contributed by atoms with E-state index in [-0.39, 0.29) is 18.9 Å². The third kappa shape index (κ3) is 8.81. The molecule has 0 bridgehead atoms. The van der Waals surface area contributed by atoms with E-state index in [9.17, 15) is 18.7 Å². The van der Waals surface area contributed by atoms with Gasteiger partial charge in [0.25, 0.3) is 5.91 Å². The first-order chi connectivity index (χ1) is 25.8.